The van der Waals surface area contributed by atoms with Gasteiger partial charge < -0.3 is 25.6 Å². The first-order chi connectivity index (χ1) is 11.1. The molecule has 0 saturated heterocycles. The number of carbonyl (C=O) groups is 4. The van der Waals surface area contributed by atoms with Crippen LogP contribution < -0.4 is 16.5 Å². The average Bonchev–Trinajstić information content (AvgIpc) is 2.50. The van der Waals surface area contributed by atoms with Gasteiger partial charge in [0.25, 0.3) is 5.72 Å². The molecule has 0 aromatic carbocycles. The predicted octanol–water partition coefficient (Wildman–Crippen LogP) is -2.63. The minimum Gasteiger partial charge on any atom is -0.480 e. The summed E-state index contributed by atoms with van der Waals surface area (Å²) in [6.07, 6.45) is -0.974. The van der Waals surface area contributed by atoms with E-state index in [4.69, 9.17) is 16.1 Å². The molecule has 12 nitrogen and oxygen atoms in total. The summed E-state index contributed by atoms with van der Waals surface area (Å²) in [5.74, 6) is 0.528. The summed E-state index contributed by atoms with van der Waals surface area (Å²) in [6, 6.07) is -1.12. The molecule has 0 aromatic heterocycles. The Morgan fingerprint density at radius 3 is 2.29 bits per heavy atom. The number of thiol groups is 1. The number of aliphatic carboxylic acids is 2. The summed E-state index contributed by atoms with van der Waals surface area (Å²) in [6.45, 7) is -0.628. The van der Waals surface area contributed by atoms with Crippen LogP contribution in [0.4, 0.5) is 0 Å². The van der Waals surface area contributed by atoms with Crippen LogP contribution in [-0.4, -0.2) is 75.5 Å². The highest BCUT2D eigenvalue weighted by molar-refractivity contribution is 7.80. The van der Waals surface area contributed by atoms with Gasteiger partial charge in [0.1, 0.15) is 12.6 Å². The molecule has 2 atom stereocenters. The van der Waals surface area contributed by atoms with Crippen molar-refractivity contribution in [2.45, 2.75) is 24.6 Å². The van der Waals surface area contributed by atoms with Crippen LogP contribution in [0.5, 0.6) is 0 Å². The smallest absolute Gasteiger partial charge is 0.355 e. The fraction of sp³-hybridized carbons (Fsp3) is 0.636. The van der Waals surface area contributed by atoms with Gasteiger partial charge in [0.15, 0.2) is 0 Å². The molecule has 138 valence electrons. The van der Waals surface area contributed by atoms with Crippen LogP contribution in [0.25, 0.3) is 0 Å². The third-order valence-electron chi connectivity index (χ3n) is 2.98. The number of rotatable bonds is 11. The van der Waals surface area contributed by atoms with Gasteiger partial charge in [-0.2, -0.15) is 12.6 Å². The third-order valence-corrected chi connectivity index (χ3v) is 3.35. The number of nitrogens with two attached hydrogens (primary N) is 1. The van der Waals surface area contributed by atoms with Crippen molar-refractivity contribution in [3.05, 3.63) is 0 Å². The maximum Gasteiger partial charge on any atom is 0.355 e. The van der Waals surface area contributed by atoms with E-state index < -0.39 is 54.9 Å². The molecule has 0 aliphatic carbocycles. The van der Waals surface area contributed by atoms with Crippen LogP contribution in [0.1, 0.15) is 12.8 Å². The molecule has 0 fully saturated rings. The van der Waals surface area contributed by atoms with Crippen LogP contribution >= 0.6 is 12.6 Å². The summed E-state index contributed by atoms with van der Waals surface area (Å²) < 4.78 is 4.67. The van der Waals surface area contributed by atoms with Crippen LogP contribution in [0.3, 0.4) is 0 Å². The molecule has 2 amide bonds. The molecule has 0 heterocycles. The lowest BCUT2D eigenvalue weighted by molar-refractivity contribution is -0.276. The van der Waals surface area contributed by atoms with Crippen molar-refractivity contribution < 1.29 is 39.3 Å². The summed E-state index contributed by atoms with van der Waals surface area (Å²) in [5, 5.41) is 30.9. The lowest BCUT2D eigenvalue weighted by Crippen LogP contribution is -2.58. The van der Waals surface area contributed by atoms with Gasteiger partial charge in [-0.15, -0.1) is 0 Å². The third kappa shape index (κ3) is 6.29. The lowest BCUT2D eigenvalue weighted by Gasteiger charge is -2.31. The van der Waals surface area contributed by atoms with E-state index in [0.717, 1.165) is 7.11 Å². The molecule has 0 rings (SSSR count). The number of hydrogen-bond acceptors (Lipinski definition) is 9. The van der Waals surface area contributed by atoms with Crippen molar-refractivity contribution in [1.82, 2.24) is 15.8 Å². The SMILES string of the molecule is CO[C@](CCC(=O)N[C@@H](CS)C(=O)NCC(=O)O)(C(=O)O)N(N)O. The van der Waals surface area contributed by atoms with Gasteiger partial charge in [-0.25, -0.2) is 10.6 Å². The van der Waals surface area contributed by atoms with Crippen molar-refractivity contribution in [2.24, 2.45) is 5.84 Å². The molecule has 0 unspecified atom stereocenters. The highest BCUT2D eigenvalue weighted by Gasteiger charge is 2.44. The second-order valence-corrected chi connectivity index (χ2v) is 4.92. The Morgan fingerprint density at radius 1 is 1.33 bits per heavy atom. The van der Waals surface area contributed by atoms with Crippen LogP contribution in [0.2, 0.25) is 0 Å². The lowest BCUT2D eigenvalue weighted by atomic mass is 10.1. The van der Waals surface area contributed by atoms with Crippen LogP contribution in [0.15, 0.2) is 0 Å². The summed E-state index contributed by atoms with van der Waals surface area (Å²) in [7, 11) is 0.984. The van der Waals surface area contributed by atoms with Crippen molar-refractivity contribution >= 4 is 36.4 Å². The fourth-order valence-corrected chi connectivity index (χ4v) is 1.89. The Balaban J connectivity index is 4.72. The molecule has 0 spiro atoms. The van der Waals surface area contributed by atoms with Gasteiger partial charge in [-0.3, -0.25) is 19.6 Å². The van der Waals surface area contributed by atoms with E-state index >= 15 is 0 Å². The Kier molecular flexibility index (Phi) is 9.24. The Labute approximate surface area is 142 Å². The molecule has 0 aliphatic rings. The average molecular weight is 368 g/mol. The number of nitrogens with one attached hydrogen (secondary N) is 2. The second-order valence-electron chi connectivity index (χ2n) is 4.55. The largest absolute Gasteiger partial charge is 0.480 e. The molecule has 0 radical (unpaired) electrons. The number of carboxylic acids is 2. The number of hydrogen-bond donors (Lipinski definition) is 7. The molecule has 24 heavy (non-hydrogen) atoms. The number of nitrogens with zero attached hydrogens (tertiary/aromatic N) is 1. The first-order valence-corrected chi connectivity index (χ1v) is 7.16. The summed E-state index contributed by atoms with van der Waals surface area (Å²) >= 11 is 3.87. The topological polar surface area (TPSA) is 192 Å². The number of hydrazine groups is 1. The van der Waals surface area contributed by atoms with Crippen molar-refractivity contribution in [1.29, 1.82) is 0 Å². The first-order valence-electron chi connectivity index (χ1n) is 6.52. The van der Waals surface area contributed by atoms with E-state index in [0.29, 0.717) is 0 Å². The maximum absolute atomic E-state index is 11.8. The van der Waals surface area contributed by atoms with Crippen molar-refractivity contribution in [2.75, 3.05) is 19.4 Å². The van der Waals surface area contributed by atoms with Gasteiger partial charge in [0, 0.05) is 25.7 Å². The van der Waals surface area contributed by atoms with Crippen LogP contribution in [-0.2, 0) is 23.9 Å². The molecule has 13 heteroatoms. The van der Waals surface area contributed by atoms with Gasteiger partial charge in [-0.05, 0) is 0 Å². The Hall–Kier alpha value is -1.93. The molecule has 7 N–H and O–H groups in total. The quantitative estimate of drug-likeness (QED) is 0.0878. The van der Waals surface area contributed by atoms with Crippen molar-refractivity contribution in [3.8, 4) is 0 Å². The first kappa shape index (κ1) is 22.1. The zero-order valence-corrected chi connectivity index (χ0v) is 13.7. The number of amides is 2. The molecular formula is C11H20N4O8S. The molecule has 0 bridgehead atoms. The van der Waals surface area contributed by atoms with E-state index in [1.165, 1.54) is 0 Å². The highest BCUT2D eigenvalue weighted by atomic mass is 32.1. The van der Waals surface area contributed by atoms with Gasteiger partial charge in [0.05, 0.1) is 0 Å². The number of carboxylic acid groups (broad SMARTS) is 2. The van der Waals surface area contributed by atoms with E-state index in [1.807, 2.05) is 0 Å². The number of carbonyl (C=O) groups excluding carboxylic acids is 2. The number of methoxy groups -OCH3 is 1. The standard InChI is InChI=1S/C11H20N4O8S/c1-23-11(10(20)21,15(12)22)3-2-7(16)14-6(5-24)9(19)13-4-8(17)18/h6,22,24H,2-5,12H2,1H3,(H,13,19)(H,14,16)(H,17,18)(H,20,21)/t6-,11+/m0/s1. The van der Waals surface area contributed by atoms with Gasteiger partial charge in [-0.1, -0.05) is 5.17 Å². The van der Waals surface area contributed by atoms with Crippen LogP contribution in [0, 0.1) is 0 Å². The molecule has 0 aromatic rings. The number of hydroxylamine groups is 1. The predicted molar refractivity (Wildman–Crippen MR) is 80.9 cm³/mol. The monoisotopic (exact) mass is 368 g/mol. The van der Waals surface area contributed by atoms with E-state index in [9.17, 15) is 24.4 Å². The van der Waals surface area contributed by atoms with E-state index in [2.05, 4.69) is 28.0 Å². The fourth-order valence-electron chi connectivity index (χ4n) is 1.63. The summed E-state index contributed by atoms with van der Waals surface area (Å²) in [5.41, 5.74) is -2.33. The Bertz CT molecular complexity index is 489. The van der Waals surface area contributed by atoms with Gasteiger partial charge in [0.2, 0.25) is 11.8 Å². The van der Waals surface area contributed by atoms with Gasteiger partial charge >= 0.3 is 11.9 Å². The second kappa shape index (κ2) is 10.0. The minimum absolute atomic E-state index is 0.117. The van der Waals surface area contributed by atoms with E-state index in [1.54, 1.807) is 0 Å². The highest BCUT2D eigenvalue weighted by Crippen LogP contribution is 2.19. The Morgan fingerprint density at radius 2 is 1.92 bits per heavy atom. The molecule has 0 aliphatic heterocycles. The maximum atomic E-state index is 11.8. The van der Waals surface area contributed by atoms with E-state index in [-0.39, 0.29) is 10.9 Å². The summed E-state index contributed by atoms with van der Waals surface area (Å²) in [4.78, 5) is 45.0. The minimum atomic E-state index is -2.33. The zero-order chi connectivity index (χ0) is 18.9. The van der Waals surface area contributed by atoms with Crippen molar-refractivity contribution in [3.63, 3.8) is 0 Å². The molecular weight excluding hydrogens is 348 g/mol. The molecule has 0 saturated carbocycles. The number of ether oxygens (including phenoxy) is 1. The zero-order valence-electron chi connectivity index (χ0n) is 12.8. The normalized spacial score (nSPS) is 14.5.